The molecular formula is C12H11ClN2OS. The highest BCUT2D eigenvalue weighted by atomic mass is 35.5. The quantitative estimate of drug-likeness (QED) is 0.865. The molecule has 0 aliphatic rings. The van der Waals surface area contributed by atoms with Crippen LogP contribution in [0.15, 0.2) is 29.6 Å². The van der Waals surface area contributed by atoms with E-state index in [1.807, 2.05) is 24.4 Å². The van der Waals surface area contributed by atoms with E-state index in [0.29, 0.717) is 16.6 Å². The number of anilines is 1. The topological polar surface area (TPSA) is 42.0 Å². The minimum absolute atomic E-state index is 0.152. The molecule has 0 radical (unpaired) electrons. The fraction of sp³-hybridized carbons (Fsp3) is 0.167. The van der Waals surface area contributed by atoms with Crippen LogP contribution < -0.4 is 5.32 Å². The van der Waals surface area contributed by atoms with Gasteiger partial charge in [-0.3, -0.25) is 10.1 Å². The van der Waals surface area contributed by atoms with Crippen molar-refractivity contribution in [3.8, 4) is 0 Å². The highest BCUT2D eigenvalue weighted by molar-refractivity contribution is 7.13. The predicted octanol–water partition coefficient (Wildman–Crippen LogP) is 3.44. The van der Waals surface area contributed by atoms with E-state index in [-0.39, 0.29) is 5.91 Å². The number of carbonyl (C=O) groups is 1. The molecule has 0 atom stereocenters. The second kappa shape index (κ2) is 5.29. The molecular weight excluding hydrogens is 256 g/mol. The molecule has 1 aromatic heterocycles. The largest absolute Gasteiger partial charge is 0.298 e. The second-order valence-electron chi connectivity index (χ2n) is 3.58. The first-order valence-corrected chi connectivity index (χ1v) is 6.49. The Labute approximate surface area is 108 Å². The van der Waals surface area contributed by atoms with Gasteiger partial charge in [0.05, 0.1) is 5.69 Å². The van der Waals surface area contributed by atoms with Crippen LogP contribution in [0.5, 0.6) is 0 Å². The summed E-state index contributed by atoms with van der Waals surface area (Å²) in [6, 6.07) is 7.20. The number of thiazole rings is 1. The predicted molar refractivity (Wildman–Crippen MR) is 70.8 cm³/mol. The number of nitrogens with one attached hydrogen (secondary N) is 1. The van der Waals surface area contributed by atoms with Crippen molar-refractivity contribution < 1.29 is 4.79 Å². The first-order chi connectivity index (χ1) is 8.19. The fourth-order valence-corrected chi connectivity index (χ4v) is 2.19. The van der Waals surface area contributed by atoms with Crippen LogP contribution >= 0.6 is 22.9 Å². The van der Waals surface area contributed by atoms with Gasteiger partial charge in [0.15, 0.2) is 5.13 Å². The van der Waals surface area contributed by atoms with Gasteiger partial charge >= 0.3 is 0 Å². The van der Waals surface area contributed by atoms with Gasteiger partial charge in [0, 0.05) is 16.8 Å². The molecule has 0 aliphatic carbocycles. The SMILES string of the molecule is Cc1csc(NC(=O)c2ccc(CCl)cc2)n1. The molecule has 2 rings (SSSR count). The number of benzene rings is 1. The summed E-state index contributed by atoms with van der Waals surface area (Å²) in [5.41, 5.74) is 2.50. The van der Waals surface area contributed by atoms with Crippen LogP contribution in [0.25, 0.3) is 0 Å². The third-order valence-corrected chi connectivity index (χ3v) is 3.39. The standard InChI is InChI=1S/C12H11ClN2OS/c1-8-7-17-12(14-8)15-11(16)10-4-2-9(6-13)3-5-10/h2-5,7H,6H2,1H3,(H,14,15,16). The van der Waals surface area contributed by atoms with Gasteiger partial charge in [0.25, 0.3) is 5.91 Å². The summed E-state index contributed by atoms with van der Waals surface area (Å²) in [6.07, 6.45) is 0. The Kier molecular flexibility index (Phi) is 3.76. The molecule has 1 N–H and O–H groups in total. The van der Waals surface area contributed by atoms with E-state index in [2.05, 4.69) is 10.3 Å². The average molecular weight is 267 g/mol. The van der Waals surface area contributed by atoms with Gasteiger partial charge in [0.2, 0.25) is 0 Å². The smallest absolute Gasteiger partial charge is 0.257 e. The van der Waals surface area contributed by atoms with E-state index in [0.717, 1.165) is 11.3 Å². The number of nitrogens with zero attached hydrogens (tertiary/aromatic N) is 1. The van der Waals surface area contributed by atoms with E-state index in [9.17, 15) is 4.79 Å². The van der Waals surface area contributed by atoms with Crippen molar-refractivity contribution in [2.24, 2.45) is 0 Å². The van der Waals surface area contributed by atoms with Crippen molar-refractivity contribution in [1.82, 2.24) is 4.98 Å². The van der Waals surface area contributed by atoms with Crippen LogP contribution in [-0.4, -0.2) is 10.9 Å². The zero-order valence-corrected chi connectivity index (χ0v) is 10.8. The van der Waals surface area contributed by atoms with Crippen LogP contribution in [0.2, 0.25) is 0 Å². The molecule has 3 nitrogen and oxygen atoms in total. The van der Waals surface area contributed by atoms with E-state index in [1.165, 1.54) is 11.3 Å². The van der Waals surface area contributed by atoms with Gasteiger partial charge in [-0.25, -0.2) is 4.98 Å². The van der Waals surface area contributed by atoms with Crippen LogP contribution in [0.1, 0.15) is 21.6 Å². The zero-order chi connectivity index (χ0) is 12.3. The summed E-state index contributed by atoms with van der Waals surface area (Å²) >= 11 is 7.10. The number of aryl methyl sites for hydroxylation is 1. The van der Waals surface area contributed by atoms with Crippen molar-refractivity contribution in [3.63, 3.8) is 0 Å². The summed E-state index contributed by atoms with van der Waals surface area (Å²) in [6.45, 7) is 1.89. The number of alkyl halides is 1. The van der Waals surface area contributed by atoms with Gasteiger partial charge in [0.1, 0.15) is 0 Å². The minimum atomic E-state index is -0.152. The molecule has 0 fully saturated rings. The van der Waals surface area contributed by atoms with Crippen molar-refractivity contribution in [2.45, 2.75) is 12.8 Å². The van der Waals surface area contributed by atoms with Gasteiger partial charge in [-0.15, -0.1) is 22.9 Å². The van der Waals surface area contributed by atoms with Gasteiger partial charge in [-0.1, -0.05) is 12.1 Å². The summed E-state index contributed by atoms with van der Waals surface area (Å²) in [5, 5.41) is 5.27. The summed E-state index contributed by atoms with van der Waals surface area (Å²) in [7, 11) is 0. The Hall–Kier alpha value is -1.39. The summed E-state index contributed by atoms with van der Waals surface area (Å²) in [4.78, 5) is 16.0. The Balaban J connectivity index is 2.09. The average Bonchev–Trinajstić information content (AvgIpc) is 2.75. The Morgan fingerprint density at radius 3 is 2.65 bits per heavy atom. The van der Waals surface area contributed by atoms with Gasteiger partial charge in [-0.05, 0) is 24.6 Å². The Morgan fingerprint density at radius 2 is 2.12 bits per heavy atom. The molecule has 1 aromatic carbocycles. The molecule has 17 heavy (non-hydrogen) atoms. The van der Waals surface area contributed by atoms with Gasteiger partial charge in [-0.2, -0.15) is 0 Å². The number of halogens is 1. The van der Waals surface area contributed by atoms with Crippen molar-refractivity contribution in [2.75, 3.05) is 5.32 Å². The number of aromatic nitrogens is 1. The number of carbonyl (C=O) groups excluding carboxylic acids is 1. The number of hydrogen-bond acceptors (Lipinski definition) is 3. The van der Waals surface area contributed by atoms with Crippen LogP contribution in [0, 0.1) is 6.92 Å². The van der Waals surface area contributed by atoms with E-state index in [1.54, 1.807) is 12.1 Å². The monoisotopic (exact) mass is 266 g/mol. The molecule has 1 heterocycles. The third-order valence-electron chi connectivity index (χ3n) is 2.21. The highest BCUT2D eigenvalue weighted by Crippen LogP contribution is 2.16. The molecule has 1 amide bonds. The first-order valence-electron chi connectivity index (χ1n) is 5.07. The molecule has 0 saturated carbocycles. The molecule has 0 saturated heterocycles. The van der Waals surface area contributed by atoms with Crippen LogP contribution in [0.3, 0.4) is 0 Å². The lowest BCUT2D eigenvalue weighted by Crippen LogP contribution is -2.11. The fourth-order valence-electron chi connectivity index (χ4n) is 1.33. The number of amides is 1. The first kappa shape index (κ1) is 12.1. The lowest BCUT2D eigenvalue weighted by molar-refractivity contribution is 0.102. The normalized spacial score (nSPS) is 10.2. The maximum absolute atomic E-state index is 11.8. The molecule has 0 aliphatic heterocycles. The molecule has 0 unspecified atom stereocenters. The second-order valence-corrected chi connectivity index (χ2v) is 4.70. The maximum atomic E-state index is 11.8. The lowest BCUT2D eigenvalue weighted by atomic mass is 10.1. The van der Waals surface area contributed by atoms with Crippen molar-refractivity contribution in [3.05, 3.63) is 46.5 Å². The lowest BCUT2D eigenvalue weighted by Gasteiger charge is -2.02. The third kappa shape index (κ3) is 3.05. The van der Waals surface area contributed by atoms with Crippen LogP contribution in [0.4, 0.5) is 5.13 Å². The number of rotatable bonds is 3. The van der Waals surface area contributed by atoms with E-state index >= 15 is 0 Å². The van der Waals surface area contributed by atoms with Crippen LogP contribution in [-0.2, 0) is 5.88 Å². The van der Waals surface area contributed by atoms with Gasteiger partial charge < -0.3 is 0 Å². The maximum Gasteiger partial charge on any atom is 0.257 e. The summed E-state index contributed by atoms with van der Waals surface area (Å²) in [5.74, 6) is 0.300. The number of hydrogen-bond donors (Lipinski definition) is 1. The molecule has 0 bridgehead atoms. The zero-order valence-electron chi connectivity index (χ0n) is 9.24. The molecule has 88 valence electrons. The highest BCUT2D eigenvalue weighted by Gasteiger charge is 2.07. The van der Waals surface area contributed by atoms with E-state index in [4.69, 9.17) is 11.6 Å². The van der Waals surface area contributed by atoms with Crippen molar-refractivity contribution >= 4 is 34.0 Å². The Bertz CT molecular complexity index is 522. The minimum Gasteiger partial charge on any atom is -0.298 e. The Morgan fingerprint density at radius 1 is 1.41 bits per heavy atom. The van der Waals surface area contributed by atoms with Crippen molar-refractivity contribution in [1.29, 1.82) is 0 Å². The molecule has 0 spiro atoms. The van der Waals surface area contributed by atoms with E-state index < -0.39 is 0 Å². The summed E-state index contributed by atoms with van der Waals surface area (Å²) < 4.78 is 0. The molecule has 5 heteroatoms. The molecule has 2 aromatic rings.